The standard InChI is InChI=1S/C11H12N2.H2/c1-7(2)8-3-4-11-12-9-5-10(9)13(11)6-8;/h3-4,6,9-10H,1,5H2,2H3;1H. The number of hydrogen-bond donors (Lipinski definition) is 0. The van der Waals surface area contributed by atoms with Gasteiger partial charge in [0, 0.05) is 7.63 Å². The first-order chi connectivity index (χ1) is 6.25. The van der Waals surface area contributed by atoms with Crippen LogP contribution in [0.3, 0.4) is 0 Å². The average Bonchev–Trinajstić information content (AvgIpc) is 2.78. The normalized spacial score (nSPS) is 33.5. The average molecular weight is 174 g/mol. The Balaban J connectivity index is 0.000000750. The van der Waals surface area contributed by atoms with E-state index in [0.717, 1.165) is 11.4 Å². The summed E-state index contributed by atoms with van der Waals surface area (Å²) in [5.41, 5.74) is 2.35. The largest absolute Gasteiger partial charge is 0.327 e. The lowest BCUT2D eigenvalue weighted by Crippen LogP contribution is -2.25. The zero-order valence-corrected chi connectivity index (χ0v) is 7.70. The zero-order chi connectivity index (χ0) is 9.00. The molecule has 3 rings (SSSR count). The van der Waals surface area contributed by atoms with E-state index in [2.05, 4.69) is 34.8 Å². The van der Waals surface area contributed by atoms with Crippen molar-refractivity contribution in [3.8, 4) is 0 Å². The summed E-state index contributed by atoms with van der Waals surface area (Å²) >= 11 is 0. The van der Waals surface area contributed by atoms with Gasteiger partial charge in [0.05, 0.1) is 12.1 Å². The molecule has 1 saturated carbocycles. The second-order valence-corrected chi connectivity index (χ2v) is 3.96. The molecule has 1 fully saturated rings. The van der Waals surface area contributed by atoms with Crippen LogP contribution < -0.4 is 0 Å². The van der Waals surface area contributed by atoms with Gasteiger partial charge in [0.25, 0.3) is 0 Å². The maximum absolute atomic E-state index is 4.56. The second kappa shape index (κ2) is 2.13. The van der Waals surface area contributed by atoms with Crippen molar-refractivity contribution in [1.82, 2.24) is 4.90 Å². The van der Waals surface area contributed by atoms with Gasteiger partial charge in [-0.3, -0.25) is 4.99 Å². The Morgan fingerprint density at radius 1 is 1.69 bits per heavy atom. The molecule has 0 aromatic heterocycles. The van der Waals surface area contributed by atoms with Gasteiger partial charge in [-0.1, -0.05) is 6.58 Å². The van der Waals surface area contributed by atoms with E-state index >= 15 is 0 Å². The summed E-state index contributed by atoms with van der Waals surface area (Å²) in [5.74, 6) is 1.13. The second-order valence-electron chi connectivity index (χ2n) is 3.96. The van der Waals surface area contributed by atoms with Gasteiger partial charge < -0.3 is 4.90 Å². The van der Waals surface area contributed by atoms with Crippen LogP contribution in [0.15, 0.2) is 41.1 Å². The molecule has 0 aromatic rings. The molecule has 2 unspecified atom stereocenters. The summed E-state index contributed by atoms with van der Waals surface area (Å²) in [6.45, 7) is 5.99. The first-order valence-corrected chi connectivity index (χ1v) is 4.67. The summed E-state index contributed by atoms with van der Waals surface area (Å²) in [6, 6.07) is 1.25. The Labute approximate surface area is 79.4 Å². The van der Waals surface area contributed by atoms with Gasteiger partial charge in [0.1, 0.15) is 5.84 Å². The molecule has 0 aromatic carbocycles. The van der Waals surface area contributed by atoms with E-state index in [1.54, 1.807) is 0 Å². The minimum absolute atomic E-state index is 0. The zero-order valence-electron chi connectivity index (χ0n) is 7.70. The van der Waals surface area contributed by atoms with E-state index in [9.17, 15) is 0 Å². The van der Waals surface area contributed by atoms with E-state index in [-0.39, 0.29) is 1.43 Å². The van der Waals surface area contributed by atoms with Gasteiger partial charge in [0.2, 0.25) is 0 Å². The molecule has 13 heavy (non-hydrogen) atoms. The molecule has 0 spiro atoms. The van der Waals surface area contributed by atoms with Gasteiger partial charge in [-0.25, -0.2) is 0 Å². The Morgan fingerprint density at radius 2 is 2.54 bits per heavy atom. The van der Waals surface area contributed by atoms with Crippen LogP contribution in [0.4, 0.5) is 0 Å². The van der Waals surface area contributed by atoms with Crippen LogP contribution in [0.25, 0.3) is 0 Å². The molecule has 68 valence electrons. The maximum atomic E-state index is 4.56. The predicted molar refractivity (Wildman–Crippen MR) is 55.6 cm³/mol. The summed E-state index contributed by atoms with van der Waals surface area (Å²) in [4.78, 5) is 6.85. The lowest BCUT2D eigenvalue weighted by Gasteiger charge is -2.21. The molecular weight excluding hydrogens is 160 g/mol. The Bertz CT molecular complexity index is 379. The van der Waals surface area contributed by atoms with Gasteiger partial charge in [0.15, 0.2) is 0 Å². The Hall–Kier alpha value is -1.31. The smallest absolute Gasteiger partial charge is 0.128 e. The predicted octanol–water partition coefficient (Wildman–Crippen LogP) is 2.12. The highest BCUT2D eigenvalue weighted by atomic mass is 15.3. The van der Waals surface area contributed by atoms with Crippen LogP contribution in [0.1, 0.15) is 14.8 Å². The summed E-state index contributed by atoms with van der Waals surface area (Å²) in [5, 5.41) is 0. The molecule has 2 nitrogen and oxygen atoms in total. The van der Waals surface area contributed by atoms with Crippen molar-refractivity contribution in [2.24, 2.45) is 4.99 Å². The third kappa shape index (κ3) is 0.916. The molecule has 0 saturated heterocycles. The van der Waals surface area contributed by atoms with Crippen LogP contribution in [0, 0.1) is 0 Å². The first kappa shape index (κ1) is 7.13. The Kier molecular flexibility index (Phi) is 1.17. The molecule has 2 atom stereocenters. The molecule has 2 heteroatoms. The van der Waals surface area contributed by atoms with Crippen LogP contribution in [0.5, 0.6) is 0 Å². The van der Waals surface area contributed by atoms with Crippen LogP contribution in [-0.2, 0) is 0 Å². The van der Waals surface area contributed by atoms with Gasteiger partial charge in [-0.15, -0.1) is 0 Å². The van der Waals surface area contributed by atoms with Crippen molar-refractivity contribution in [3.05, 3.63) is 36.1 Å². The number of amidine groups is 1. The van der Waals surface area contributed by atoms with Gasteiger partial charge in [-0.05, 0) is 36.6 Å². The molecule has 0 radical (unpaired) electrons. The number of aliphatic imine (C=N–C) groups is 1. The molecule has 0 amide bonds. The molecule has 2 aliphatic heterocycles. The summed E-state index contributed by atoms with van der Waals surface area (Å²) in [7, 11) is 0. The number of allylic oxidation sites excluding steroid dienone is 3. The quantitative estimate of drug-likeness (QED) is 0.594. The van der Waals surface area contributed by atoms with Crippen molar-refractivity contribution in [2.45, 2.75) is 25.4 Å². The monoisotopic (exact) mass is 174 g/mol. The molecule has 0 bridgehead atoms. The SMILES string of the molecule is C=C(C)C1=CN2C(=NC3CC32)C=C1.[HH]. The fraction of sp³-hybridized carbons (Fsp3) is 0.364. The fourth-order valence-corrected chi connectivity index (χ4v) is 1.91. The topological polar surface area (TPSA) is 15.6 Å². The van der Waals surface area contributed by atoms with E-state index in [1.165, 1.54) is 12.0 Å². The van der Waals surface area contributed by atoms with Crippen molar-refractivity contribution in [1.29, 1.82) is 0 Å². The van der Waals surface area contributed by atoms with Crippen LogP contribution in [0.2, 0.25) is 0 Å². The fourth-order valence-electron chi connectivity index (χ4n) is 1.91. The third-order valence-corrected chi connectivity index (χ3v) is 2.83. The highest BCUT2D eigenvalue weighted by Crippen LogP contribution is 2.39. The number of fused-ring (bicyclic) bond motifs is 3. The lowest BCUT2D eigenvalue weighted by molar-refractivity contribution is 0.561. The van der Waals surface area contributed by atoms with E-state index < -0.39 is 0 Å². The Morgan fingerprint density at radius 3 is 3.31 bits per heavy atom. The summed E-state index contributed by atoms with van der Waals surface area (Å²) in [6.07, 6.45) is 7.61. The van der Waals surface area contributed by atoms with E-state index in [4.69, 9.17) is 0 Å². The molecule has 3 aliphatic rings. The third-order valence-electron chi connectivity index (χ3n) is 2.83. The number of nitrogens with zero attached hydrogens (tertiary/aromatic N) is 2. The molecular formula is C11H14N2. The molecule has 0 N–H and O–H groups in total. The van der Waals surface area contributed by atoms with Crippen molar-refractivity contribution >= 4 is 5.84 Å². The van der Waals surface area contributed by atoms with Gasteiger partial charge >= 0.3 is 0 Å². The van der Waals surface area contributed by atoms with Crippen molar-refractivity contribution < 1.29 is 1.43 Å². The molecule has 1 aliphatic carbocycles. The van der Waals surface area contributed by atoms with Crippen molar-refractivity contribution in [3.63, 3.8) is 0 Å². The highest BCUT2D eigenvalue weighted by Gasteiger charge is 2.47. The van der Waals surface area contributed by atoms with Gasteiger partial charge in [-0.2, -0.15) is 0 Å². The summed E-state index contributed by atoms with van der Waals surface area (Å²) < 4.78 is 0. The van der Waals surface area contributed by atoms with Crippen LogP contribution in [-0.4, -0.2) is 22.8 Å². The van der Waals surface area contributed by atoms with Crippen LogP contribution >= 0.6 is 0 Å². The number of hydrogen-bond acceptors (Lipinski definition) is 2. The minimum atomic E-state index is 0. The highest BCUT2D eigenvalue weighted by molar-refractivity contribution is 5.98. The maximum Gasteiger partial charge on any atom is 0.128 e. The lowest BCUT2D eigenvalue weighted by atomic mass is 10.1. The van der Waals surface area contributed by atoms with Crippen molar-refractivity contribution in [2.75, 3.05) is 0 Å². The van der Waals surface area contributed by atoms with E-state index in [0.29, 0.717) is 12.1 Å². The van der Waals surface area contributed by atoms with E-state index in [1.807, 2.05) is 6.92 Å². The first-order valence-electron chi connectivity index (χ1n) is 4.67. The minimum Gasteiger partial charge on any atom is -0.327 e. The number of rotatable bonds is 1. The molecule has 2 heterocycles.